The first-order valence-electron chi connectivity index (χ1n) is 8.87. The van der Waals surface area contributed by atoms with Crippen LogP contribution in [0.3, 0.4) is 0 Å². The second-order valence-corrected chi connectivity index (χ2v) is 9.49. The minimum atomic E-state index is -3.71. The lowest BCUT2D eigenvalue weighted by Gasteiger charge is -2.16. The lowest BCUT2D eigenvalue weighted by atomic mass is 10.2. The lowest BCUT2D eigenvalue weighted by Crippen LogP contribution is -2.34. The first kappa shape index (κ1) is 21.5. The van der Waals surface area contributed by atoms with E-state index in [-0.39, 0.29) is 10.8 Å². The third-order valence-corrected chi connectivity index (χ3v) is 7.14. The molecule has 30 heavy (non-hydrogen) atoms. The van der Waals surface area contributed by atoms with Gasteiger partial charge in [0.05, 0.1) is 6.54 Å². The van der Waals surface area contributed by atoms with Gasteiger partial charge in [0, 0.05) is 24.1 Å². The van der Waals surface area contributed by atoms with Gasteiger partial charge < -0.3 is 16.0 Å². The van der Waals surface area contributed by atoms with Crippen LogP contribution < -0.4 is 16.0 Å². The molecule has 8 nitrogen and oxygen atoms in total. The van der Waals surface area contributed by atoms with E-state index in [0.717, 1.165) is 15.6 Å². The number of benzene rings is 2. The van der Waals surface area contributed by atoms with Gasteiger partial charge in [-0.2, -0.15) is 4.31 Å². The largest absolute Gasteiger partial charge is 0.325 e. The number of likely N-dealkylation sites (N-methyl/N-ethyl adjacent to an activating group) is 1. The number of para-hydroxylation sites is 1. The van der Waals surface area contributed by atoms with Crippen LogP contribution in [-0.4, -0.2) is 38.3 Å². The molecule has 3 amide bonds. The smallest absolute Gasteiger partial charge is 0.323 e. The zero-order chi connectivity index (χ0) is 21.6. The van der Waals surface area contributed by atoms with Gasteiger partial charge in [-0.05, 0) is 41.8 Å². The number of hydrogen-bond acceptors (Lipinski definition) is 5. The van der Waals surface area contributed by atoms with Gasteiger partial charge in [0.15, 0.2) is 0 Å². The third kappa shape index (κ3) is 5.66. The summed E-state index contributed by atoms with van der Waals surface area (Å²) >= 11 is 1.09. The number of urea groups is 1. The number of sulfonamides is 1. The fraction of sp³-hybridized carbons (Fsp3) is 0.100. The Morgan fingerprint density at radius 2 is 1.50 bits per heavy atom. The van der Waals surface area contributed by atoms with Crippen LogP contribution in [-0.2, 0) is 14.8 Å². The monoisotopic (exact) mass is 444 g/mol. The maximum atomic E-state index is 12.4. The minimum Gasteiger partial charge on any atom is -0.325 e. The third-order valence-electron chi connectivity index (χ3n) is 3.96. The van der Waals surface area contributed by atoms with Crippen molar-refractivity contribution in [2.45, 2.75) is 4.21 Å². The number of amides is 3. The molecule has 0 fully saturated rings. The number of hydrogen-bond donors (Lipinski definition) is 3. The molecule has 0 spiro atoms. The van der Waals surface area contributed by atoms with Crippen molar-refractivity contribution in [1.82, 2.24) is 4.31 Å². The number of nitrogens with zero attached hydrogens (tertiary/aromatic N) is 1. The molecule has 156 valence electrons. The summed E-state index contributed by atoms with van der Waals surface area (Å²) in [6.45, 7) is -0.341. The molecular formula is C20H20N4O4S2. The summed E-state index contributed by atoms with van der Waals surface area (Å²) in [6, 6.07) is 18.2. The Labute approximate surface area is 178 Å². The molecule has 0 unspecified atom stereocenters. The van der Waals surface area contributed by atoms with Crippen LogP contribution in [0.2, 0.25) is 0 Å². The Kier molecular flexibility index (Phi) is 6.83. The van der Waals surface area contributed by atoms with Crippen molar-refractivity contribution in [3.8, 4) is 0 Å². The van der Waals surface area contributed by atoms with Gasteiger partial charge in [-0.3, -0.25) is 4.79 Å². The van der Waals surface area contributed by atoms with Crippen molar-refractivity contribution in [2.24, 2.45) is 0 Å². The molecule has 0 saturated heterocycles. The number of carbonyl (C=O) groups excluding carboxylic acids is 2. The summed E-state index contributed by atoms with van der Waals surface area (Å²) in [6.07, 6.45) is 0. The second kappa shape index (κ2) is 9.53. The highest BCUT2D eigenvalue weighted by Gasteiger charge is 2.23. The molecule has 1 aromatic heterocycles. The molecule has 1 heterocycles. The van der Waals surface area contributed by atoms with Gasteiger partial charge >= 0.3 is 6.03 Å². The summed E-state index contributed by atoms with van der Waals surface area (Å²) in [5, 5.41) is 9.68. The minimum absolute atomic E-state index is 0.174. The molecule has 0 aliphatic rings. The SMILES string of the molecule is CN(CC(=O)Nc1cccc(NC(=O)Nc2ccccc2)c1)S(=O)(=O)c1cccs1. The van der Waals surface area contributed by atoms with Crippen LogP contribution in [0, 0.1) is 0 Å². The maximum absolute atomic E-state index is 12.4. The van der Waals surface area contributed by atoms with Gasteiger partial charge in [-0.1, -0.05) is 30.3 Å². The van der Waals surface area contributed by atoms with Crippen LogP contribution >= 0.6 is 11.3 Å². The molecule has 0 aliphatic heterocycles. The molecule has 3 aromatic rings. The average molecular weight is 445 g/mol. The first-order valence-corrected chi connectivity index (χ1v) is 11.2. The normalized spacial score (nSPS) is 11.1. The van der Waals surface area contributed by atoms with E-state index in [2.05, 4.69) is 16.0 Å². The molecular weight excluding hydrogens is 424 g/mol. The van der Waals surface area contributed by atoms with Gasteiger partial charge in [0.1, 0.15) is 4.21 Å². The zero-order valence-electron chi connectivity index (χ0n) is 16.0. The first-order chi connectivity index (χ1) is 14.3. The Balaban J connectivity index is 1.58. The van der Waals surface area contributed by atoms with E-state index in [0.29, 0.717) is 17.1 Å². The Morgan fingerprint density at radius 1 is 0.867 bits per heavy atom. The number of carbonyl (C=O) groups is 2. The molecule has 0 saturated carbocycles. The quantitative estimate of drug-likeness (QED) is 0.517. The highest BCUT2D eigenvalue weighted by molar-refractivity contribution is 7.91. The molecule has 0 radical (unpaired) electrons. The standard InChI is InChI=1S/C20H20N4O4S2/c1-24(30(27,28)19-11-6-12-29-19)14-18(25)21-16-9-5-10-17(13-16)23-20(26)22-15-7-3-2-4-8-15/h2-13H,14H2,1H3,(H,21,25)(H2,22,23,26). The van der Waals surface area contributed by atoms with Crippen LogP contribution in [0.25, 0.3) is 0 Å². The Bertz CT molecular complexity index is 1120. The fourth-order valence-corrected chi connectivity index (χ4v) is 4.87. The molecule has 2 aromatic carbocycles. The van der Waals surface area contributed by atoms with E-state index in [1.165, 1.54) is 13.1 Å². The highest BCUT2D eigenvalue weighted by atomic mass is 32.2. The van der Waals surface area contributed by atoms with Crippen LogP contribution in [0.15, 0.2) is 76.3 Å². The van der Waals surface area contributed by atoms with Crippen molar-refractivity contribution in [3.05, 3.63) is 72.1 Å². The van der Waals surface area contributed by atoms with Crippen LogP contribution in [0.4, 0.5) is 21.9 Å². The van der Waals surface area contributed by atoms with E-state index in [4.69, 9.17) is 0 Å². The summed E-state index contributed by atoms with van der Waals surface area (Å²) in [4.78, 5) is 24.4. The number of thiophene rings is 1. The number of anilines is 3. The van der Waals surface area contributed by atoms with E-state index < -0.39 is 22.0 Å². The van der Waals surface area contributed by atoms with Crippen LogP contribution in [0.5, 0.6) is 0 Å². The molecule has 0 aliphatic carbocycles. The summed E-state index contributed by atoms with van der Waals surface area (Å²) < 4.78 is 26.0. The second-order valence-electron chi connectivity index (χ2n) is 6.27. The lowest BCUT2D eigenvalue weighted by molar-refractivity contribution is -0.116. The zero-order valence-corrected chi connectivity index (χ0v) is 17.7. The van der Waals surface area contributed by atoms with Gasteiger partial charge in [-0.15, -0.1) is 11.3 Å². The van der Waals surface area contributed by atoms with E-state index >= 15 is 0 Å². The fourth-order valence-electron chi connectivity index (χ4n) is 2.54. The van der Waals surface area contributed by atoms with Gasteiger partial charge in [-0.25, -0.2) is 13.2 Å². The number of rotatable bonds is 7. The van der Waals surface area contributed by atoms with Crippen molar-refractivity contribution < 1.29 is 18.0 Å². The Hall–Kier alpha value is -3.21. The molecule has 10 heteroatoms. The molecule has 0 atom stereocenters. The Morgan fingerprint density at radius 3 is 2.17 bits per heavy atom. The summed E-state index contributed by atoms with van der Waals surface area (Å²) in [5.74, 6) is -0.497. The van der Waals surface area contributed by atoms with Crippen molar-refractivity contribution in [2.75, 3.05) is 29.5 Å². The van der Waals surface area contributed by atoms with E-state index in [1.807, 2.05) is 6.07 Å². The van der Waals surface area contributed by atoms with E-state index in [9.17, 15) is 18.0 Å². The predicted molar refractivity (Wildman–Crippen MR) is 118 cm³/mol. The van der Waals surface area contributed by atoms with Crippen LogP contribution in [0.1, 0.15) is 0 Å². The topological polar surface area (TPSA) is 108 Å². The molecule has 3 N–H and O–H groups in total. The molecule has 0 bridgehead atoms. The van der Waals surface area contributed by atoms with Crippen molar-refractivity contribution >= 4 is 50.4 Å². The van der Waals surface area contributed by atoms with Gasteiger partial charge in [0.2, 0.25) is 5.91 Å². The van der Waals surface area contributed by atoms with Crippen molar-refractivity contribution in [1.29, 1.82) is 0 Å². The maximum Gasteiger partial charge on any atom is 0.323 e. The number of nitrogens with one attached hydrogen (secondary N) is 3. The van der Waals surface area contributed by atoms with E-state index in [1.54, 1.807) is 60.0 Å². The predicted octanol–water partition coefficient (Wildman–Crippen LogP) is 3.65. The summed E-state index contributed by atoms with van der Waals surface area (Å²) in [5.41, 5.74) is 1.55. The molecule has 3 rings (SSSR count). The highest BCUT2D eigenvalue weighted by Crippen LogP contribution is 2.20. The van der Waals surface area contributed by atoms with Gasteiger partial charge in [0.25, 0.3) is 10.0 Å². The summed E-state index contributed by atoms with van der Waals surface area (Å²) in [7, 11) is -2.36. The average Bonchev–Trinajstić information content (AvgIpc) is 3.24. The van der Waals surface area contributed by atoms with Crippen molar-refractivity contribution in [3.63, 3.8) is 0 Å².